The Morgan fingerprint density at radius 3 is 2.71 bits per heavy atom. The Balaban J connectivity index is 1.39. The van der Waals surface area contributed by atoms with Gasteiger partial charge in [0.2, 0.25) is 5.91 Å². The van der Waals surface area contributed by atoms with E-state index in [1.54, 1.807) is 7.05 Å². The Morgan fingerprint density at radius 2 is 2.04 bits per heavy atom. The molecule has 3 amide bonds. The van der Waals surface area contributed by atoms with Gasteiger partial charge in [-0.1, -0.05) is 17.7 Å². The second-order valence-electron chi connectivity index (χ2n) is 6.58. The van der Waals surface area contributed by atoms with Gasteiger partial charge in [-0.25, -0.2) is 9.78 Å². The number of hydrogen-bond acceptors (Lipinski definition) is 7. The summed E-state index contributed by atoms with van der Waals surface area (Å²) in [7, 11) is 1.57. The zero-order valence-electron chi connectivity index (χ0n) is 15.8. The van der Waals surface area contributed by atoms with Gasteiger partial charge in [-0.05, 0) is 25.5 Å². The maximum absolute atomic E-state index is 11.9. The number of aromatic nitrogens is 1. The first-order chi connectivity index (χ1) is 13.4. The molecule has 148 valence electrons. The van der Waals surface area contributed by atoms with Crippen molar-refractivity contribution in [1.29, 1.82) is 0 Å². The van der Waals surface area contributed by atoms with Gasteiger partial charge in [0.15, 0.2) is 5.13 Å². The minimum Gasteiger partial charge on any atom is -0.459 e. The van der Waals surface area contributed by atoms with Crippen LogP contribution >= 0.6 is 11.3 Å². The summed E-state index contributed by atoms with van der Waals surface area (Å²) in [5.74, 6) is -0.620. The molecule has 0 unspecified atom stereocenters. The molecule has 1 aliphatic heterocycles. The van der Waals surface area contributed by atoms with Crippen LogP contribution in [0.5, 0.6) is 0 Å². The molecule has 2 aromatic rings. The van der Waals surface area contributed by atoms with Crippen molar-refractivity contribution in [2.45, 2.75) is 26.4 Å². The monoisotopic (exact) mass is 402 g/mol. The van der Waals surface area contributed by atoms with Crippen LogP contribution < -0.4 is 5.32 Å². The van der Waals surface area contributed by atoms with Crippen LogP contribution in [0.25, 0.3) is 0 Å². The summed E-state index contributed by atoms with van der Waals surface area (Å²) in [6.07, 6.45) is 0.515. The standard InChI is InChI=1S/C19H22N4O4S/c1-13-5-7-14(8-6-13)20-18-21-15(12-28-18)11-27-17(25)4-3-9-23-16(24)10-22(2)19(23)26/h5-8,12H,3-4,9-11H2,1-2H3,(H,20,21). The lowest BCUT2D eigenvalue weighted by Gasteiger charge is -2.13. The largest absolute Gasteiger partial charge is 0.459 e. The molecule has 0 aliphatic carbocycles. The maximum Gasteiger partial charge on any atom is 0.326 e. The Labute approximate surface area is 167 Å². The van der Waals surface area contributed by atoms with E-state index >= 15 is 0 Å². The van der Waals surface area contributed by atoms with Crippen molar-refractivity contribution in [1.82, 2.24) is 14.8 Å². The third-order valence-electron chi connectivity index (χ3n) is 4.23. The van der Waals surface area contributed by atoms with E-state index in [9.17, 15) is 14.4 Å². The first kappa shape index (κ1) is 19.8. The van der Waals surface area contributed by atoms with Gasteiger partial charge in [0.05, 0.1) is 5.69 Å². The normalized spacial score (nSPS) is 13.9. The van der Waals surface area contributed by atoms with Crippen molar-refractivity contribution in [3.8, 4) is 0 Å². The molecule has 8 nitrogen and oxygen atoms in total. The predicted molar refractivity (Wildman–Crippen MR) is 105 cm³/mol. The van der Waals surface area contributed by atoms with Crippen LogP contribution in [0.2, 0.25) is 0 Å². The first-order valence-electron chi connectivity index (χ1n) is 8.91. The number of rotatable bonds is 8. The Hall–Kier alpha value is -2.94. The molecular formula is C19H22N4O4S. The lowest BCUT2D eigenvalue weighted by Crippen LogP contribution is -2.32. The van der Waals surface area contributed by atoms with Crippen LogP contribution in [-0.2, 0) is 20.9 Å². The van der Waals surface area contributed by atoms with Crippen LogP contribution in [0.1, 0.15) is 24.1 Å². The van der Waals surface area contributed by atoms with Crippen LogP contribution in [0.15, 0.2) is 29.6 Å². The molecule has 1 N–H and O–H groups in total. The van der Waals surface area contributed by atoms with Gasteiger partial charge in [-0.2, -0.15) is 0 Å². The lowest BCUT2D eigenvalue weighted by atomic mass is 10.2. The number of hydrogen-bond donors (Lipinski definition) is 1. The van der Waals surface area contributed by atoms with Crippen molar-refractivity contribution in [2.24, 2.45) is 0 Å². The number of benzene rings is 1. The minimum absolute atomic E-state index is 0.0893. The second kappa shape index (κ2) is 8.83. The number of carbonyl (C=O) groups is 3. The minimum atomic E-state index is -0.381. The van der Waals surface area contributed by atoms with E-state index in [0.717, 1.165) is 15.7 Å². The van der Waals surface area contributed by atoms with E-state index in [0.29, 0.717) is 12.1 Å². The third-order valence-corrected chi connectivity index (χ3v) is 5.04. The average Bonchev–Trinajstić information content (AvgIpc) is 3.21. The Bertz CT molecular complexity index is 865. The smallest absolute Gasteiger partial charge is 0.326 e. The van der Waals surface area contributed by atoms with Crippen LogP contribution in [0.4, 0.5) is 15.6 Å². The van der Waals surface area contributed by atoms with E-state index in [2.05, 4.69) is 10.3 Å². The molecule has 0 saturated carbocycles. The fourth-order valence-electron chi connectivity index (χ4n) is 2.69. The second-order valence-corrected chi connectivity index (χ2v) is 7.44. The van der Waals surface area contributed by atoms with Gasteiger partial charge in [0, 0.05) is 31.1 Å². The van der Waals surface area contributed by atoms with E-state index in [1.807, 2.05) is 36.6 Å². The van der Waals surface area contributed by atoms with Gasteiger partial charge in [-0.3, -0.25) is 14.5 Å². The molecule has 1 aliphatic rings. The summed E-state index contributed by atoms with van der Waals surface area (Å²) in [6.45, 7) is 2.43. The lowest BCUT2D eigenvalue weighted by molar-refractivity contribution is -0.145. The summed E-state index contributed by atoms with van der Waals surface area (Å²) in [5.41, 5.74) is 2.79. The highest BCUT2D eigenvalue weighted by Gasteiger charge is 2.32. The number of carbonyl (C=O) groups excluding carboxylic acids is 3. The number of urea groups is 1. The molecular weight excluding hydrogens is 380 g/mol. The molecule has 1 aromatic carbocycles. The van der Waals surface area contributed by atoms with Gasteiger partial charge >= 0.3 is 12.0 Å². The van der Waals surface area contributed by atoms with Gasteiger partial charge in [-0.15, -0.1) is 11.3 Å². The zero-order chi connectivity index (χ0) is 20.1. The quantitative estimate of drug-likeness (QED) is 0.539. The highest BCUT2D eigenvalue weighted by Crippen LogP contribution is 2.21. The fourth-order valence-corrected chi connectivity index (χ4v) is 3.40. The summed E-state index contributed by atoms with van der Waals surface area (Å²) in [6, 6.07) is 7.66. The number of anilines is 2. The molecule has 0 radical (unpaired) electrons. The van der Waals surface area contributed by atoms with Crippen LogP contribution in [-0.4, -0.2) is 52.8 Å². The molecule has 3 rings (SSSR count). The highest BCUT2D eigenvalue weighted by molar-refractivity contribution is 7.13. The predicted octanol–water partition coefficient (Wildman–Crippen LogP) is 2.91. The zero-order valence-corrected chi connectivity index (χ0v) is 16.6. The Morgan fingerprint density at radius 1 is 1.29 bits per heavy atom. The maximum atomic E-state index is 11.9. The molecule has 0 bridgehead atoms. The number of esters is 1. The first-order valence-corrected chi connectivity index (χ1v) is 9.79. The van der Waals surface area contributed by atoms with Crippen molar-refractivity contribution in [3.05, 3.63) is 40.9 Å². The number of ether oxygens (including phenoxy) is 1. The molecule has 2 heterocycles. The van der Waals surface area contributed by atoms with E-state index < -0.39 is 0 Å². The van der Waals surface area contributed by atoms with Crippen molar-refractivity contribution >= 4 is 40.1 Å². The van der Waals surface area contributed by atoms with Crippen LogP contribution in [0.3, 0.4) is 0 Å². The summed E-state index contributed by atoms with van der Waals surface area (Å²) >= 11 is 1.44. The van der Waals surface area contributed by atoms with Crippen molar-refractivity contribution in [2.75, 3.05) is 25.5 Å². The molecule has 28 heavy (non-hydrogen) atoms. The summed E-state index contributed by atoms with van der Waals surface area (Å²) < 4.78 is 5.23. The van der Waals surface area contributed by atoms with Gasteiger partial charge < -0.3 is 15.0 Å². The topological polar surface area (TPSA) is 91.8 Å². The number of thiazole rings is 1. The third kappa shape index (κ3) is 5.07. The number of nitrogens with zero attached hydrogens (tertiary/aromatic N) is 3. The average molecular weight is 402 g/mol. The molecule has 1 fully saturated rings. The van der Waals surface area contributed by atoms with Crippen molar-refractivity contribution in [3.63, 3.8) is 0 Å². The molecule has 1 aromatic heterocycles. The number of imide groups is 1. The van der Waals surface area contributed by atoms with Gasteiger partial charge in [0.1, 0.15) is 13.2 Å². The number of likely N-dealkylation sites (N-methyl/N-ethyl adjacent to an activating group) is 1. The number of aryl methyl sites for hydroxylation is 1. The SMILES string of the molecule is Cc1ccc(Nc2nc(COC(=O)CCCN3C(=O)CN(C)C3=O)cs2)cc1. The van der Waals surface area contributed by atoms with E-state index in [1.165, 1.54) is 21.8 Å². The summed E-state index contributed by atoms with van der Waals surface area (Å²) in [4.78, 5) is 42.2. The highest BCUT2D eigenvalue weighted by atomic mass is 32.1. The van der Waals surface area contributed by atoms with E-state index in [4.69, 9.17) is 4.74 Å². The molecule has 9 heteroatoms. The van der Waals surface area contributed by atoms with Crippen LogP contribution in [0, 0.1) is 6.92 Å². The fraction of sp³-hybridized carbons (Fsp3) is 0.368. The number of amides is 3. The van der Waals surface area contributed by atoms with Gasteiger partial charge in [0.25, 0.3) is 0 Å². The molecule has 0 spiro atoms. The van der Waals surface area contributed by atoms with Crippen molar-refractivity contribution < 1.29 is 19.1 Å². The molecule has 0 atom stereocenters. The molecule has 1 saturated heterocycles. The number of nitrogens with one attached hydrogen (secondary N) is 1. The Kier molecular flexibility index (Phi) is 6.25. The van der Waals surface area contributed by atoms with E-state index in [-0.39, 0.29) is 44.0 Å². The summed E-state index contributed by atoms with van der Waals surface area (Å²) in [5, 5.41) is 5.77.